The molecule has 0 bridgehead atoms. The van der Waals surface area contributed by atoms with Crippen molar-refractivity contribution < 1.29 is 9.32 Å². The lowest BCUT2D eigenvalue weighted by Gasteiger charge is -2.14. The number of rotatable bonds is 4. The third-order valence-corrected chi connectivity index (χ3v) is 3.70. The quantitative estimate of drug-likeness (QED) is 0.731. The second-order valence-electron chi connectivity index (χ2n) is 5.99. The summed E-state index contributed by atoms with van der Waals surface area (Å²) in [6, 6.07) is 5.41. The van der Waals surface area contributed by atoms with Gasteiger partial charge in [-0.2, -0.15) is 9.97 Å². The summed E-state index contributed by atoms with van der Waals surface area (Å²) in [6.07, 6.45) is 1.52. The Balaban J connectivity index is 1.82. The topological polar surface area (TPSA) is 123 Å². The fourth-order valence-corrected chi connectivity index (χ4v) is 2.38. The van der Waals surface area contributed by atoms with Gasteiger partial charge in [-0.05, 0) is 37.6 Å². The Morgan fingerprint density at radius 2 is 2.00 bits per heavy atom. The molecule has 9 heteroatoms. The molecule has 0 saturated carbocycles. The van der Waals surface area contributed by atoms with Crippen LogP contribution >= 0.6 is 0 Å². The highest BCUT2D eigenvalue weighted by Gasteiger charge is 2.14. The van der Waals surface area contributed by atoms with E-state index in [0.29, 0.717) is 22.9 Å². The number of hydrogen-bond acceptors (Lipinski definition) is 8. The lowest BCUT2D eigenvalue weighted by atomic mass is 10.1. The molecule has 1 aromatic carbocycles. The van der Waals surface area contributed by atoms with Gasteiger partial charge in [-0.15, -0.1) is 0 Å². The van der Waals surface area contributed by atoms with Gasteiger partial charge in [-0.1, -0.05) is 5.16 Å². The van der Waals surface area contributed by atoms with Crippen molar-refractivity contribution in [2.45, 2.75) is 13.8 Å². The summed E-state index contributed by atoms with van der Waals surface area (Å²) in [5.41, 5.74) is 8.68. The Kier molecular flexibility index (Phi) is 4.53. The predicted molar refractivity (Wildman–Crippen MR) is 97.0 cm³/mol. The molecule has 0 fully saturated rings. The Hall–Kier alpha value is -3.49. The minimum absolute atomic E-state index is 0.0475. The van der Waals surface area contributed by atoms with Crippen LogP contribution in [0.2, 0.25) is 0 Å². The Morgan fingerprint density at radius 3 is 2.58 bits per heavy atom. The van der Waals surface area contributed by atoms with Gasteiger partial charge >= 0.3 is 0 Å². The van der Waals surface area contributed by atoms with E-state index in [9.17, 15) is 4.79 Å². The summed E-state index contributed by atoms with van der Waals surface area (Å²) in [7, 11) is 3.44. The third kappa shape index (κ3) is 3.46. The molecule has 3 rings (SSSR count). The molecular formula is C17H19N7O2. The molecular weight excluding hydrogens is 334 g/mol. The molecule has 0 spiro atoms. The van der Waals surface area contributed by atoms with Crippen LogP contribution < -0.4 is 11.1 Å². The zero-order valence-electron chi connectivity index (χ0n) is 14.9. The largest absolute Gasteiger partial charge is 0.383 e. The van der Waals surface area contributed by atoms with Crippen LogP contribution in [-0.2, 0) is 0 Å². The zero-order chi connectivity index (χ0) is 18.8. The van der Waals surface area contributed by atoms with Crippen LogP contribution in [0.15, 0.2) is 28.9 Å². The molecule has 0 aliphatic rings. The standard InChI is InChI=1S/C17H19N7O2/c1-9-7-11(5-6-12(9)16(25)24(3)4)21-17-19-8-13(14(18)22-17)15-20-10(2)23-26-15/h5-8H,1-4H3,(H3,18,19,21,22). The van der Waals surface area contributed by atoms with Crippen LogP contribution in [0.3, 0.4) is 0 Å². The molecule has 2 aromatic heterocycles. The summed E-state index contributed by atoms with van der Waals surface area (Å²) in [4.78, 5) is 26.2. The number of anilines is 3. The normalized spacial score (nSPS) is 10.6. The number of carbonyl (C=O) groups is 1. The van der Waals surface area contributed by atoms with Crippen LogP contribution in [0.5, 0.6) is 0 Å². The first-order valence-corrected chi connectivity index (χ1v) is 7.87. The van der Waals surface area contributed by atoms with E-state index in [1.54, 1.807) is 33.2 Å². The molecule has 0 aliphatic heterocycles. The number of aromatic nitrogens is 4. The van der Waals surface area contributed by atoms with Crippen molar-refractivity contribution in [2.24, 2.45) is 0 Å². The Morgan fingerprint density at radius 1 is 1.23 bits per heavy atom. The summed E-state index contributed by atoms with van der Waals surface area (Å²) in [6.45, 7) is 3.59. The van der Waals surface area contributed by atoms with Crippen LogP contribution in [-0.4, -0.2) is 45.0 Å². The highest BCUT2D eigenvalue weighted by molar-refractivity contribution is 5.95. The maximum atomic E-state index is 12.1. The molecule has 0 atom stereocenters. The van der Waals surface area contributed by atoms with Gasteiger partial charge in [0.15, 0.2) is 5.82 Å². The Labute approximate surface area is 150 Å². The summed E-state index contributed by atoms with van der Waals surface area (Å²) in [5, 5.41) is 6.80. The molecule has 0 unspecified atom stereocenters. The van der Waals surface area contributed by atoms with Gasteiger partial charge in [0.25, 0.3) is 11.8 Å². The lowest BCUT2D eigenvalue weighted by Crippen LogP contribution is -2.22. The second kappa shape index (κ2) is 6.79. The first-order valence-electron chi connectivity index (χ1n) is 7.87. The number of aryl methyl sites for hydroxylation is 2. The zero-order valence-corrected chi connectivity index (χ0v) is 14.9. The third-order valence-electron chi connectivity index (χ3n) is 3.70. The lowest BCUT2D eigenvalue weighted by molar-refractivity contribution is 0.0827. The number of amides is 1. The molecule has 0 aliphatic carbocycles. The number of hydrogen-bond donors (Lipinski definition) is 2. The molecule has 26 heavy (non-hydrogen) atoms. The first-order chi connectivity index (χ1) is 12.3. The van der Waals surface area contributed by atoms with Gasteiger partial charge < -0.3 is 20.5 Å². The average Bonchev–Trinajstić information content (AvgIpc) is 3.00. The van der Waals surface area contributed by atoms with Crippen LogP contribution in [0.25, 0.3) is 11.5 Å². The van der Waals surface area contributed by atoms with Gasteiger partial charge in [0.2, 0.25) is 5.95 Å². The molecule has 3 aromatic rings. The number of nitrogens with two attached hydrogens (primary N) is 1. The summed E-state index contributed by atoms with van der Waals surface area (Å²) < 4.78 is 5.08. The fourth-order valence-electron chi connectivity index (χ4n) is 2.38. The number of nitrogens with one attached hydrogen (secondary N) is 1. The van der Waals surface area contributed by atoms with E-state index >= 15 is 0 Å². The van der Waals surface area contributed by atoms with E-state index in [-0.39, 0.29) is 17.6 Å². The number of benzene rings is 1. The van der Waals surface area contributed by atoms with Crippen molar-refractivity contribution in [1.29, 1.82) is 0 Å². The predicted octanol–water partition coefficient (Wildman–Crippen LogP) is 2.17. The van der Waals surface area contributed by atoms with Crippen LogP contribution in [0.1, 0.15) is 21.7 Å². The van der Waals surface area contributed by atoms with Crippen molar-refractivity contribution in [2.75, 3.05) is 25.1 Å². The van der Waals surface area contributed by atoms with Gasteiger partial charge in [0, 0.05) is 31.5 Å². The number of carbonyl (C=O) groups excluding carboxylic acids is 1. The Bertz CT molecular complexity index is 965. The van der Waals surface area contributed by atoms with Crippen molar-refractivity contribution in [3.05, 3.63) is 41.3 Å². The molecule has 3 N–H and O–H groups in total. The fraction of sp³-hybridized carbons (Fsp3) is 0.235. The smallest absolute Gasteiger partial charge is 0.263 e. The van der Waals surface area contributed by atoms with E-state index in [1.165, 1.54) is 11.1 Å². The SMILES string of the molecule is Cc1noc(-c2cnc(Nc3ccc(C(=O)N(C)C)c(C)c3)nc2N)n1. The maximum absolute atomic E-state index is 12.1. The number of nitrogen functional groups attached to an aromatic ring is 1. The van der Waals surface area contributed by atoms with E-state index in [1.807, 2.05) is 13.0 Å². The van der Waals surface area contributed by atoms with Gasteiger partial charge in [0.05, 0.1) is 0 Å². The molecule has 1 amide bonds. The van der Waals surface area contributed by atoms with Gasteiger partial charge in [-0.3, -0.25) is 4.79 Å². The van der Waals surface area contributed by atoms with Crippen molar-refractivity contribution in [1.82, 2.24) is 25.0 Å². The van der Waals surface area contributed by atoms with E-state index < -0.39 is 0 Å². The van der Waals surface area contributed by atoms with E-state index in [4.69, 9.17) is 10.3 Å². The molecule has 2 heterocycles. The van der Waals surface area contributed by atoms with Crippen LogP contribution in [0, 0.1) is 13.8 Å². The average molecular weight is 353 g/mol. The van der Waals surface area contributed by atoms with E-state index in [2.05, 4.69) is 25.4 Å². The minimum atomic E-state index is -0.0475. The van der Waals surface area contributed by atoms with Gasteiger partial charge in [-0.25, -0.2) is 4.98 Å². The first kappa shape index (κ1) is 17.3. The summed E-state index contributed by atoms with van der Waals surface area (Å²) in [5.74, 6) is 1.28. The highest BCUT2D eigenvalue weighted by Crippen LogP contribution is 2.24. The second-order valence-corrected chi connectivity index (χ2v) is 5.99. The molecule has 0 radical (unpaired) electrons. The molecule has 134 valence electrons. The molecule has 0 saturated heterocycles. The monoisotopic (exact) mass is 353 g/mol. The van der Waals surface area contributed by atoms with Crippen LogP contribution in [0.4, 0.5) is 17.5 Å². The molecule has 9 nitrogen and oxygen atoms in total. The van der Waals surface area contributed by atoms with Crippen molar-refractivity contribution in [3.8, 4) is 11.5 Å². The van der Waals surface area contributed by atoms with E-state index in [0.717, 1.165) is 11.3 Å². The maximum Gasteiger partial charge on any atom is 0.263 e. The minimum Gasteiger partial charge on any atom is -0.383 e. The highest BCUT2D eigenvalue weighted by atomic mass is 16.5. The van der Waals surface area contributed by atoms with Crippen molar-refractivity contribution in [3.63, 3.8) is 0 Å². The van der Waals surface area contributed by atoms with Crippen molar-refractivity contribution >= 4 is 23.4 Å². The van der Waals surface area contributed by atoms with Gasteiger partial charge in [0.1, 0.15) is 11.4 Å². The summed E-state index contributed by atoms with van der Waals surface area (Å²) >= 11 is 0. The number of nitrogens with zero attached hydrogens (tertiary/aromatic N) is 5.